The van der Waals surface area contributed by atoms with Crippen molar-refractivity contribution in [2.75, 3.05) is 19.0 Å². The van der Waals surface area contributed by atoms with Gasteiger partial charge in [0.25, 0.3) is 0 Å². The van der Waals surface area contributed by atoms with Crippen molar-refractivity contribution in [3.63, 3.8) is 0 Å². The van der Waals surface area contributed by atoms with E-state index in [1.54, 1.807) is 31.4 Å². The molecule has 6 heteroatoms. The Labute approximate surface area is 139 Å². The molecule has 0 atom stereocenters. The predicted molar refractivity (Wildman–Crippen MR) is 89.8 cm³/mol. The summed E-state index contributed by atoms with van der Waals surface area (Å²) in [5, 5.41) is 5.56. The lowest BCUT2D eigenvalue weighted by Crippen LogP contribution is -2.36. The van der Waals surface area contributed by atoms with Crippen molar-refractivity contribution >= 4 is 29.1 Å². The van der Waals surface area contributed by atoms with Crippen molar-refractivity contribution < 1.29 is 14.3 Å². The molecular formula is C17H17ClN2O3. The summed E-state index contributed by atoms with van der Waals surface area (Å²) in [6.45, 7) is 0.369. The number of hydrogen-bond donors (Lipinski definition) is 2. The molecule has 2 aromatic carbocycles. The molecule has 120 valence electrons. The molecule has 0 aromatic heterocycles. The van der Waals surface area contributed by atoms with Crippen LogP contribution in [0.2, 0.25) is 5.02 Å². The summed E-state index contributed by atoms with van der Waals surface area (Å²) < 4.78 is 5.08. The maximum absolute atomic E-state index is 11.8. The summed E-state index contributed by atoms with van der Waals surface area (Å²) in [6, 6.07) is 14.1. The Morgan fingerprint density at radius 3 is 2.48 bits per heavy atom. The zero-order chi connectivity index (χ0) is 16.7. The van der Waals surface area contributed by atoms with Crippen LogP contribution in [0.25, 0.3) is 0 Å². The highest BCUT2D eigenvalue weighted by molar-refractivity contribution is 6.39. The molecule has 2 amide bonds. The van der Waals surface area contributed by atoms with Crippen molar-refractivity contribution in [3.05, 3.63) is 59.1 Å². The van der Waals surface area contributed by atoms with E-state index in [9.17, 15) is 9.59 Å². The van der Waals surface area contributed by atoms with Crippen LogP contribution in [0, 0.1) is 0 Å². The molecular weight excluding hydrogens is 316 g/mol. The quantitative estimate of drug-likeness (QED) is 0.827. The van der Waals surface area contributed by atoms with E-state index in [2.05, 4.69) is 10.6 Å². The molecule has 0 radical (unpaired) electrons. The Bertz CT molecular complexity index is 686. The number of rotatable bonds is 5. The van der Waals surface area contributed by atoms with Crippen LogP contribution >= 0.6 is 11.6 Å². The molecule has 0 spiro atoms. The molecule has 2 N–H and O–H groups in total. The molecule has 0 fully saturated rings. The predicted octanol–water partition coefficient (Wildman–Crippen LogP) is 2.65. The molecule has 0 bridgehead atoms. The van der Waals surface area contributed by atoms with Gasteiger partial charge in [-0.3, -0.25) is 9.59 Å². The van der Waals surface area contributed by atoms with E-state index in [0.717, 1.165) is 11.3 Å². The SMILES string of the molecule is COc1ccc(CCNC(=O)C(=O)Nc2cccc(Cl)c2)cc1. The van der Waals surface area contributed by atoms with Gasteiger partial charge in [-0.2, -0.15) is 0 Å². The van der Waals surface area contributed by atoms with Gasteiger partial charge in [-0.05, 0) is 42.3 Å². The number of benzene rings is 2. The van der Waals surface area contributed by atoms with E-state index in [1.807, 2.05) is 24.3 Å². The van der Waals surface area contributed by atoms with Crippen LogP contribution in [0.3, 0.4) is 0 Å². The molecule has 0 saturated carbocycles. The van der Waals surface area contributed by atoms with Crippen LogP contribution in [-0.2, 0) is 16.0 Å². The molecule has 0 saturated heterocycles. The minimum atomic E-state index is -0.720. The van der Waals surface area contributed by atoms with Crippen LogP contribution in [0.5, 0.6) is 5.75 Å². The zero-order valence-corrected chi connectivity index (χ0v) is 13.4. The minimum Gasteiger partial charge on any atom is -0.497 e. The first kappa shape index (κ1) is 16.8. The third kappa shape index (κ3) is 5.30. The number of methoxy groups -OCH3 is 1. The molecule has 0 unspecified atom stereocenters. The number of amides is 2. The minimum absolute atomic E-state index is 0.369. The Kier molecular flexibility index (Phi) is 6.00. The molecule has 0 heterocycles. The fourth-order valence-electron chi connectivity index (χ4n) is 1.95. The van der Waals surface area contributed by atoms with Gasteiger partial charge < -0.3 is 15.4 Å². The Morgan fingerprint density at radius 1 is 1.09 bits per heavy atom. The lowest BCUT2D eigenvalue weighted by atomic mass is 10.1. The van der Waals surface area contributed by atoms with E-state index in [4.69, 9.17) is 16.3 Å². The van der Waals surface area contributed by atoms with Crippen molar-refractivity contribution in [3.8, 4) is 5.75 Å². The van der Waals surface area contributed by atoms with Gasteiger partial charge in [-0.15, -0.1) is 0 Å². The lowest BCUT2D eigenvalue weighted by Gasteiger charge is -2.07. The molecule has 0 aliphatic carbocycles. The number of halogens is 1. The van der Waals surface area contributed by atoms with Crippen LogP contribution < -0.4 is 15.4 Å². The average Bonchev–Trinajstić information content (AvgIpc) is 2.55. The largest absolute Gasteiger partial charge is 0.497 e. The highest BCUT2D eigenvalue weighted by Crippen LogP contribution is 2.14. The van der Waals surface area contributed by atoms with Gasteiger partial charge in [0.2, 0.25) is 0 Å². The molecule has 0 aliphatic rings. The summed E-state index contributed by atoms with van der Waals surface area (Å²) in [5.41, 5.74) is 1.52. The molecule has 2 rings (SSSR count). The smallest absolute Gasteiger partial charge is 0.313 e. The van der Waals surface area contributed by atoms with Crippen molar-refractivity contribution in [2.45, 2.75) is 6.42 Å². The fraction of sp³-hybridized carbons (Fsp3) is 0.176. The van der Waals surface area contributed by atoms with E-state index < -0.39 is 11.8 Å². The second kappa shape index (κ2) is 8.19. The number of hydrogen-bond acceptors (Lipinski definition) is 3. The first-order valence-electron chi connectivity index (χ1n) is 7.06. The normalized spacial score (nSPS) is 10.0. The standard InChI is InChI=1S/C17H17ClN2O3/c1-23-15-7-5-12(6-8-15)9-10-19-16(21)17(22)20-14-4-2-3-13(18)11-14/h2-8,11H,9-10H2,1H3,(H,19,21)(H,20,22). The monoisotopic (exact) mass is 332 g/mol. The van der Waals surface area contributed by atoms with Gasteiger partial charge in [0.1, 0.15) is 5.75 Å². The summed E-state index contributed by atoms with van der Waals surface area (Å²) >= 11 is 5.82. The van der Waals surface area contributed by atoms with Crippen LogP contribution in [0.1, 0.15) is 5.56 Å². The van der Waals surface area contributed by atoms with Crippen LogP contribution in [0.15, 0.2) is 48.5 Å². The molecule has 23 heavy (non-hydrogen) atoms. The highest BCUT2D eigenvalue weighted by atomic mass is 35.5. The fourth-order valence-corrected chi connectivity index (χ4v) is 2.14. The van der Waals surface area contributed by atoms with Crippen LogP contribution in [-0.4, -0.2) is 25.5 Å². The highest BCUT2D eigenvalue weighted by Gasteiger charge is 2.13. The maximum Gasteiger partial charge on any atom is 0.313 e. The van der Waals surface area contributed by atoms with Gasteiger partial charge in [-0.25, -0.2) is 0 Å². The van der Waals surface area contributed by atoms with E-state index >= 15 is 0 Å². The summed E-state index contributed by atoms with van der Waals surface area (Å²) in [4.78, 5) is 23.5. The topological polar surface area (TPSA) is 67.4 Å². The first-order valence-corrected chi connectivity index (χ1v) is 7.44. The summed E-state index contributed by atoms with van der Waals surface area (Å²) in [6.07, 6.45) is 0.625. The summed E-state index contributed by atoms with van der Waals surface area (Å²) in [7, 11) is 1.60. The number of ether oxygens (including phenoxy) is 1. The Balaban J connectivity index is 1.78. The van der Waals surface area contributed by atoms with Crippen LogP contribution in [0.4, 0.5) is 5.69 Å². The Morgan fingerprint density at radius 2 is 1.83 bits per heavy atom. The van der Waals surface area contributed by atoms with E-state index in [-0.39, 0.29) is 0 Å². The number of nitrogens with one attached hydrogen (secondary N) is 2. The van der Waals surface area contributed by atoms with E-state index in [0.29, 0.717) is 23.7 Å². The maximum atomic E-state index is 11.8. The summed E-state index contributed by atoms with van der Waals surface area (Å²) in [5.74, 6) is -0.626. The second-order valence-electron chi connectivity index (χ2n) is 4.82. The van der Waals surface area contributed by atoms with Gasteiger partial charge in [0, 0.05) is 17.3 Å². The Hall–Kier alpha value is -2.53. The molecule has 5 nitrogen and oxygen atoms in total. The van der Waals surface area contributed by atoms with Crippen molar-refractivity contribution in [2.24, 2.45) is 0 Å². The van der Waals surface area contributed by atoms with Crippen molar-refractivity contribution in [1.29, 1.82) is 0 Å². The average molecular weight is 333 g/mol. The number of carbonyl (C=O) groups excluding carboxylic acids is 2. The molecule has 2 aromatic rings. The lowest BCUT2D eigenvalue weighted by molar-refractivity contribution is -0.136. The van der Waals surface area contributed by atoms with Gasteiger partial charge in [0.15, 0.2) is 0 Å². The third-order valence-corrected chi connectivity index (χ3v) is 3.38. The first-order chi connectivity index (χ1) is 11.1. The molecule has 0 aliphatic heterocycles. The number of carbonyl (C=O) groups is 2. The van der Waals surface area contributed by atoms with Gasteiger partial charge >= 0.3 is 11.8 Å². The number of anilines is 1. The van der Waals surface area contributed by atoms with Gasteiger partial charge in [-0.1, -0.05) is 29.8 Å². The second-order valence-corrected chi connectivity index (χ2v) is 5.25. The van der Waals surface area contributed by atoms with Gasteiger partial charge in [0.05, 0.1) is 7.11 Å². The van der Waals surface area contributed by atoms with Crippen molar-refractivity contribution in [1.82, 2.24) is 5.32 Å². The zero-order valence-electron chi connectivity index (χ0n) is 12.6. The van der Waals surface area contributed by atoms with E-state index in [1.165, 1.54) is 0 Å². The third-order valence-electron chi connectivity index (χ3n) is 3.15.